The molecule has 3 aromatic carbocycles. The number of hydrogen-bond acceptors (Lipinski definition) is 5. The first kappa shape index (κ1) is 36.4. The minimum atomic E-state index is -5.20. The highest BCUT2D eigenvalue weighted by Crippen LogP contribution is 2.43. The van der Waals surface area contributed by atoms with Crippen molar-refractivity contribution in [3.63, 3.8) is 0 Å². The Hall–Kier alpha value is -4.03. The van der Waals surface area contributed by atoms with Crippen LogP contribution in [-0.4, -0.2) is 45.2 Å². The zero-order valence-electron chi connectivity index (χ0n) is 26.0. The van der Waals surface area contributed by atoms with Crippen LogP contribution in [0, 0.1) is 20.8 Å². The zero-order valence-corrected chi connectivity index (χ0v) is 26.0. The van der Waals surface area contributed by atoms with Gasteiger partial charge in [-0.1, -0.05) is 37.3 Å². The van der Waals surface area contributed by atoms with E-state index in [0.29, 0.717) is 25.0 Å². The van der Waals surface area contributed by atoms with Crippen molar-refractivity contribution in [3.05, 3.63) is 104 Å². The molecule has 2 unspecified atom stereocenters. The monoisotopic (exact) mass is 652 g/mol. The van der Waals surface area contributed by atoms with Crippen LogP contribution in [0.15, 0.2) is 42.5 Å². The molecule has 0 radical (unpaired) electrons. The van der Waals surface area contributed by atoms with E-state index < -0.39 is 64.2 Å². The van der Waals surface area contributed by atoms with Crippen LogP contribution in [0.5, 0.6) is 0 Å². The number of carboxylic acids is 1. The van der Waals surface area contributed by atoms with E-state index in [4.69, 9.17) is 0 Å². The van der Waals surface area contributed by atoms with Gasteiger partial charge in [0.15, 0.2) is 22.8 Å². The molecule has 0 aliphatic rings. The van der Waals surface area contributed by atoms with Crippen LogP contribution < -0.4 is 0 Å². The quantitative estimate of drug-likeness (QED) is 0.155. The van der Waals surface area contributed by atoms with Crippen molar-refractivity contribution in [2.75, 3.05) is 0 Å². The number of hydrogen-bond donors (Lipinski definition) is 3. The largest absolute Gasteiger partial charge is 0.478 e. The number of ketones is 2. The van der Waals surface area contributed by atoms with Gasteiger partial charge in [0.05, 0.1) is 5.56 Å². The number of carbonyl (C=O) groups excluding carboxylic acids is 2. The predicted molar refractivity (Wildman–Crippen MR) is 157 cm³/mol. The minimum absolute atomic E-state index is 0.000153. The second-order valence-electron chi connectivity index (χ2n) is 11.8. The summed E-state index contributed by atoms with van der Waals surface area (Å²) in [7, 11) is 0. The second kappa shape index (κ2) is 12.6. The van der Waals surface area contributed by atoms with Crippen molar-refractivity contribution < 1.29 is 56.0 Å². The average molecular weight is 653 g/mol. The summed E-state index contributed by atoms with van der Waals surface area (Å²) in [5, 5.41) is 30.6. The van der Waals surface area contributed by atoms with Gasteiger partial charge >= 0.3 is 18.3 Å². The molecule has 248 valence electrons. The first-order valence-electron chi connectivity index (χ1n) is 14.2. The molecule has 0 bridgehead atoms. The molecular formula is C34H34F6O6. The maximum Gasteiger partial charge on any atom is 0.421 e. The molecule has 0 amide bonds. The minimum Gasteiger partial charge on any atom is -0.478 e. The molecule has 3 aromatic rings. The number of aromatic carboxylic acids is 1. The Morgan fingerprint density at radius 2 is 1.15 bits per heavy atom. The normalized spacial score (nSPS) is 14.8. The van der Waals surface area contributed by atoms with Crippen LogP contribution in [0.1, 0.15) is 103 Å². The van der Waals surface area contributed by atoms with Crippen LogP contribution in [0.25, 0.3) is 0 Å². The average Bonchev–Trinajstić information content (AvgIpc) is 2.93. The molecule has 3 N–H and O–H groups in total. The summed E-state index contributed by atoms with van der Waals surface area (Å²) in [5.74, 6) is -2.74. The number of alkyl halides is 6. The lowest BCUT2D eigenvalue weighted by atomic mass is 9.82. The van der Waals surface area contributed by atoms with Crippen LogP contribution in [0.2, 0.25) is 0 Å². The Labute approximate surface area is 261 Å². The van der Waals surface area contributed by atoms with E-state index in [2.05, 4.69) is 0 Å². The second-order valence-corrected chi connectivity index (χ2v) is 11.8. The summed E-state index contributed by atoms with van der Waals surface area (Å²) in [4.78, 5) is 37.2. The molecule has 3 rings (SSSR count). The molecule has 0 aliphatic carbocycles. The van der Waals surface area contributed by atoms with E-state index in [1.54, 1.807) is 6.92 Å². The van der Waals surface area contributed by atoms with Gasteiger partial charge in [0, 0.05) is 24.0 Å². The van der Waals surface area contributed by atoms with Gasteiger partial charge in [0.1, 0.15) is 0 Å². The molecule has 0 spiro atoms. The van der Waals surface area contributed by atoms with Gasteiger partial charge in [0.2, 0.25) is 0 Å². The van der Waals surface area contributed by atoms with Gasteiger partial charge in [-0.15, -0.1) is 0 Å². The van der Waals surface area contributed by atoms with E-state index in [-0.39, 0.29) is 46.2 Å². The maximum atomic E-state index is 14.2. The fourth-order valence-electron chi connectivity index (χ4n) is 5.33. The summed E-state index contributed by atoms with van der Waals surface area (Å²) in [6, 6.07) is 8.26. The fraction of sp³-hybridized carbons (Fsp3) is 0.382. The number of Topliss-reactive ketones (excluding diaryl/α,β-unsaturated/α-hetero) is 2. The molecule has 6 nitrogen and oxygen atoms in total. The van der Waals surface area contributed by atoms with E-state index in [9.17, 15) is 56.0 Å². The van der Waals surface area contributed by atoms with Crippen molar-refractivity contribution in [2.24, 2.45) is 0 Å². The molecule has 0 aliphatic heterocycles. The van der Waals surface area contributed by atoms with Gasteiger partial charge in [0.25, 0.3) is 0 Å². The van der Waals surface area contributed by atoms with Gasteiger partial charge in [-0.05, 0) is 97.7 Å². The lowest BCUT2D eigenvalue weighted by Crippen LogP contribution is -2.40. The van der Waals surface area contributed by atoms with Crippen molar-refractivity contribution in [3.8, 4) is 0 Å². The molecule has 12 heteroatoms. The number of aryl methyl sites for hydroxylation is 3. The van der Waals surface area contributed by atoms with Crippen molar-refractivity contribution in [1.29, 1.82) is 0 Å². The summed E-state index contributed by atoms with van der Waals surface area (Å²) < 4.78 is 83.5. The highest BCUT2D eigenvalue weighted by atomic mass is 19.4. The highest BCUT2D eigenvalue weighted by Gasteiger charge is 2.53. The molecule has 0 saturated carbocycles. The number of benzene rings is 3. The van der Waals surface area contributed by atoms with Crippen LogP contribution in [0.4, 0.5) is 26.3 Å². The third-order valence-corrected chi connectivity index (χ3v) is 8.32. The Morgan fingerprint density at radius 1 is 0.652 bits per heavy atom. The van der Waals surface area contributed by atoms with Gasteiger partial charge in [-0.25, -0.2) is 4.79 Å². The number of carboxylic acid groups (broad SMARTS) is 1. The standard InChI is InChI=1S/C34H34F6O6/c1-7-28(41)24-9-8-20(13-25(24)30(43)44)29(42)16-23-11-18(3)22(15-27(23)32(6,46)34(38,39)40)12-21-14-26(19(4)10-17(21)2)31(5,45)33(35,36)37/h8-11,13-15,45-46H,7,12,16H2,1-6H3,(H,43,44). The molecule has 0 aromatic heterocycles. The Kier molecular flexibility index (Phi) is 10.0. The van der Waals surface area contributed by atoms with Gasteiger partial charge < -0.3 is 15.3 Å². The first-order chi connectivity index (χ1) is 20.9. The smallest absolute Gasteiger partial charge is 0.421 e. The molecule has 46 heavy (non-hydrogen) atoms. The third-order valence-electron chi connectivity index (χ3n) is 8.32. The van der Waals surface area contributed by atoms with Crippen LogP contribution in [-0.2, 0) is 24.0 Å². The number of aliphatic hydroxyl groups is 2. The van der Waals surface area contributed by atoms with Crippen molar-refractivity contribution in [2.45, 2.75) is 84.4 Å². The van der Waals surface area contributed by atoms with E-state index in [0.717, 1.165) is 24.3 Å². The Bertz CT molecular complexity index is 1700. The van der Waals surface area contributed by atoms with Crippen molar-refractivity contribution in [1.82, 2.24) is 0 Å². The zero-order chi connectivity index (χ0) is 35.2. The summed E-state index contributed by atoms with van der Waals surface area (Å²) in [6.07, 6.45) is -11.0. The highest BCUT2D eigenvalue weighted by molar-refractivity contribution is 6.08. The van der Waals surface area contributed by atoms with Gasteiger partial charge in [-0.3, -0.25) is 9.59 Å². The fourth-order valence-corrected chi connectivity index (χ4v) is 5.33. The first-order valence-corrected chi connectivity index (χ1v) is 14.2. The Balaban J connectivity index is 2.15. The summed E-state index contributed by atoms with van der Waals surface area (Å²) in [5.41, 5.74) is -7.15. The number of halogens is 6. The topological polar surface area (TPSA) is 112 Å². The molecule has 0 heterocycles. The third kappa shape index (κ3) is 7.02. The SMILES string of the molecule is CCC(=O)c1ccc(C(=O)Cc2cc(C)c(Cc3cc(C(C)(O)C(F)(F)F)c(C)cc3C)cc2C(C)(O)C(F)(F)F)cc1C(=O)O. The molecule has 0 fully saturated rings. The van der Waals surface area contributed by atoms with Crippen molar-refractivity contribution >= 4 is 17.5 Å². The lowest BCUT2D eigenvalue weighted by Gasteiger charge is -2.30. The predicted octanol–water partition coefficient (Wildman–Crippen LogP) is 7.46. The maximum absolute atomic E-state index is 14.2. The van der Waals surface area contributed by atoms with Crippen LogP contribution in [0.3, 0.4) is 0 Å². The van der Waals surface area contributed by atoms with E-state index >= 15 is 0 Å². The van der Waals surface area contributed by atoms with E-state index in [1.807, 2.05) is 0 Å². The number of carbonyl (C=O) groups is 3. The van der Waals surface area contributed by atoms with E-state index in [1.165, 1.54) is 39.0 Å². The number of rotatable bonds is 10. The molecule has 2 atom stereocenters. The Morgan fingerprint density at radius 3 is 1.65 bits per heavy atom. The summed E-state index contributed by atoms with van der Waals surface area (Å²) >= 11 is 0. The summed E-state index contributed by atoms with van der Waals surface area (Å²) in [6.45, 7) is 7.18. The lowest BCUT2D eigenvalue weighted by molar-refractivity contribution is -0.259. The van der Waals surface area contributed by atoms with Gasteiger partial charge in [-0.2, -0.15) is 26.3 Å². The van der Waals surface area contributed by atoms with Crippen LogP contribution >= 0.6 is 0 Å². The molecule has 0 saturated heterocycles. The molecular weight excluding hydrogens is 618 g/mol.